The van der Waals surface area contributed by atoms with Crippen molar-refractivity contribution in [2.24, 2.45) is 29.6 Å². The van der Waals surface area contributed by atoms with Gasteiger partial charge in [0.25, 0.3) is 0 Å². The van der Waals surface area contributed by atoms with Crippen LogP contribution in [0.25, 0.3) is 0 Å². The summed E-state index contributed by atoms with van der Waals surface area (Å²) in [6.07, 6.45) is 12.0. The second-order valence-electron chi connectivity index (χ2n) is 11.1. The standard InChI is InChI=1S/C32H48O/c1-25(2)30(26(3)4)22-23-31(28-18-10-6-11-19-28)32(29-20-12-7-13-21-29)33-24-14-17-27-15-8-5-9-16-27/h5,7-9,12-13,15-16,20-21,25-26,28,30-32H,6,10-11,14,17-19,22-24H2,1-4H3. The summed E-state index contributed by atoms with van der Waals surface area (Å²) in [4.78, 5) is 0. The average Bonchev–Trinajstić information content (AvgIpc) is 2.84. The molecule has 0 N–H and O–H groups in total. The first-order valence-corrected chi connectivity index (χ1v) is 13.8. The van der Waals surface area contributed by atoms with E-state index in [1.165, 1.54) is 56.1 Å². The molecular formula is C32H48O. The fourth-order valence-electron chi connectivity index (χ4n) is 6.26. The van der Waals surface area contributed by atoms with Gasteiger partial charge in [-0.25, -0.2) is 0 Å². The molecular weight excluding hydrogens is 400 g/mol. The van der Waals surface area contributed by atoms with E-state index in [0.717, 1.165) is 43.1 Å². The number of rotatable bonds is 13. The van der Waals surface area contributed by atoms with Crippen LogP contribution in [0.2, 0.25) is 0 Å². The van der Waals surface area contributed by atoms with Crippen molar-refractivity contribution in [2.45, 2.75) is 91.6 Å². The second kappa shape index (κ2) is 14.0. The molecule has 1 aliphatic carbocycles. The molecule has 0 spiro atoms. The summed E-state index contributed by atoms with van der Waals surface area (Å²) in [5.74, 6) is 3.73. The van der Waals surface area contributed by atoms with Gasteiger partial charge < -0.3 is 4.74 Å². The lowest BCUT2D eigenvalue weighted by Gasteiger charge is -2.38. The molecule has 1 heteroatoms. The molecule has 2 aromatic carbocycles. The summed E-state index contributed by atoms with van der Waals surface area (Å²) < 4.78 is 6.82. The van der Waals surface area contributed by atoms with Crippen molar-refractivity contribution in [3.8, 4) is 0 Å². The lowest BCUT2D eigenvalue weighted by Crippen LogP contribution is -2.28. The molecule has 1 nitrogen and oxygen atoms in total. The van der Waals surface area contributed by atoms with Crippen LogP contribution in [0, 0.1) is 29.6 Å². The van der Waals surface area contributed by atoms with Gasteiger partial charge in [0, 0.05) is 6.61 Å². The van der Waals surface area contributed by atoms with Crippen LogP contribution in [-0.2, 0) is 11.2 Å². The Balaban J connectivity index is 1.73. The molecule has 0 saturated heterocycles. The summed E-state index contributed by atoms with van der Waals surface area (Å²) in [5, 5.41) is 0. The zero-order valence-corrected chi connectivity index (χ0v) is 21.7. The van der Waals surface area contributed by atoms with E-state index in [9.17, 15) is 0 Å². The van der Waals surface area contributed by atoms with Crippen molar-refractivity contribution >= 4 is 0 Å². The molecule has 3 rings (SSSR count). The smallest absolute Gasteiger partial charge is 0.0855 e. The van der Waals surface area contributed by atoms with E-state index >= 15 is 0 Å². The minimum atomic E-state index is 0.227. The van der Waals surface area contributed by atoms with Gasteiger partial charge in [-0.3, -0.25) is 0 Å². The average molecular weight is 449 g/mol. The summed E-state index contributed by atoms with van der Waals surface area (Å²) in [6, 6.07) is 22.0. The van der Waals surface area contributed by atoms with Gasteiger partial charge in [0.2, 0.25) is 0 Å². The fraction of sp³-hybridized carbons (Fsp3) is 0.625. The molecule has 33 heavy (non-hydrogen) atoms. The summed E-state index contributed by atoms with van der Waals surface area (Å²) >= 11 is 0. The second-order valence-corrected chi connectivity index (χ2v) is 11.1. The quantitative estimate of drug-likeness (QED) is 0.277. The molecule has 0 aromatic heterocycles. The van der Waals surface area contributed by atoms with Gasteiger partial charge in [0.1, 0.15) is 0 Å². The Morgan fingerprint density at radius 2 is 1.36 bits per heavy atom. The zero-order valence-electron chi connectivity index (χ0n) is 21.7. The maximum Gasteiger partial charge on any atom is 0.0855 e. The van der Waals surface area contributed by atoms with Gasteiger partial charge in [-0.05, 0) is 66.4 Å². The van der Waals surface area contributed by atoms with Crippen LogP contribution in [0.3, 0.4) is 0 Å². The lowest BCUT2D eigenvalue weighted by molar-refractivity contribution is -0.0237. The maximum absolute atomic E-state index is 6.82. The first kappa shape index (κ1) is 26.0. The van der Waals surface area contributed by atoms with E-state index in [-0.39, 0.29) is 6.10 Å². The van der Waals surface area contributed by atoms with Crippen molar-refractivity contribution in [2.75, 3.05) is 6.61 Å². The van der Waals surface area contributed by atoms with E-state index in [1.54, 1.807) is 0 Å². The molecule has 0 radical (unpaired) electrons. The Kier molecular flexibility index (Phi) is 11.0. The van der Waals surface area contributed by atoms with E-state index in [0.29, 0.717) is 5.92 Å². The van der Waals surface area contributed by atoms with Crippen LogP contribution in [0.1, 0.15) is 96.3 Å². The van der Waals surface area contributed by atoms with Gasteiger partial charge >= 0.3 is 0 Å². The van der Waals surface area contributed by atoms with Crippen molar-refractivity contribution < 1.29 is 4.74 Å². The highest BCUT2D eigenvalue weighted by atomic mass is 16.5. The van der Waals surface area contributed by atoms with E-state index in [2.05, 4.69) is 88.4 Å². The van der Waals surface area contributed by atoms with Crippen LogP contribution in [0.15, 0.2) is 60.7 Å². The summed E-state index contributed by atoms with van der Waals surface area (Å²) in [7, 11) is 0. The van der Waals surface area contributed by atoms with Crippen molar-refractivity contribution in [3.63, 3.8) is 0 Å². The SMILES string of the molecule is CC(C)C(CCC(C1CCCCC1)C(OCCCc1ccccc1)c1ccccc1)C(C)C. The summed E-state index contributed by atoms with van der Waals surface area (Å²) in [6.45, 7) is 10.5. The minimum Gasteiger partial charge on any atom is -0.373 e. The topological polar surface area (TPSA) is 9.23 Å². The Labute approximate surface area is 204 Å². The number of ether oxygens (including phenoxy) is 1. The number of hydrogen-bond donors (Lipinski definition) is 0. The maximum atomic E-state index is 6.82. The first-order chi connectivity index (χ1) is 16.1. The van der Waals surface area contributed by atoms with Crippen LogP contribution in [-0.4, -0.2) is 6.61 Å². The van der Waals surface area contributed by atoms with Crippen molar-refractivity contribution in [1.82, 2.24) is 0 Å². The monoisotopic (exact) mass is 448 g/mol. The minimum absolute atomic E-state index is 0.227. The molecule has 1 saturated carbocycles. The molecule has 0 heterocycles. The lowest BCUT2D eigenvalue weighted by atomic mass is 9.71. The third-order valence-corrected chi connectivity index (χ3v) is 8.07. The molecule has 0 amide bonds. The Hall–Kier alpha value is -1.60. The number of hydrogen-bond acceptors (Lipinski definition) is 1. The van der Waals surface area contributed by atoms with Crippen LogP contribution < -0.4 is 0 Å². The Bertz CT molecular complexity index is 737. The Morgan fingerprint density at radius 3 is 1.97 bits per heavy atom. The van der Waals surface area contributed by atoms with Crippen molar-refractivity contribution in [1.29, 1.82) is 0 Å². The van der Waals surface area contributed by atoms with Crippen LogP contribution >= 0.6 is 0 Å². The molecule has 0 bridgehead atoms. The first-order valence-electron chi connectivity index (χ1n) is 13.8. The van der Waals surface area contributed by atoms with Gasteiger partial charge in [0.15, 0.2) is 0 Å². The largest absolute Gasteiger partial charge is 0.373 e. The van der Waals surface area contributed by atoms with Gasteiger partial charge in [-0.2, -0.15) is 0 Å². The Morgan fingerprint density at radius 1 is 0.758 bits per heavy atom. The molecule has 182 valence electrons. The van der Waals surface area contributed by atoms with Crippen LogP contribution in [0.5, 0.6) is 0 Å². The molecule has 2 unspecified atom stereocenters. The van der Waals surface area contributed by atoms with E-state index in [4.69, 9.17) is 4.74 Å². The molecule has 0 aliphatic heterocycles. The fourth-order valence-corrected chi connectivity index (χ4v) is 6.26. The molecule has 1 aliphatic rings. The van der Waals surface area contributed by atoms with Gasteiger partial charge in [-0.1, -0.05) is 120 Å². The molecule has 1 fully saturated rings. The predicted octanol–water partition coefficient (Wildman–Crippen LogP) is 9.28. The highest BCUT2D eigenvalue weighted by Crippen LogP contribution is 2.43. The van der Waals surface area contributed by atoms with Gasteiger partial charge in [0.05, 0.1) is 6.10 Å². The summed E-state index contributed by atoms with van der Waals surface area (Å²) in [5.41, 5.74) is 2.80. The normalized spacial score (nSPS) is 17.1. The van der Waals surface area contributed by atoms with Crippen molar-refractivity contribution in [3.05, 3.63) is 71.8 Å². The van der Waals surface area contributed by atoms with E-state index in [1.807, 2.05) is 0 Å². The zero-order chi connectivity index (χ0) is 23.5. The van der Waals surface area contributed by atoms with Crippen LogP contribution in [0.4, 0.5) is 0 Å². The molecule has 2 atom stereocenters. The third-order valence-electron chi connectivity index (χ3n) is 8.07. The highest BCUT2D eigenvalue weighted by Gasteiger charge is 2.33. The van der Waals surface area contributed by atoms with Gasteiger partial charge in [-0.15, -0.1) is 0 Å². The predicted molar refractivity (Wildman–Crippen MR) is 142 cm³/mol. The van der Waals surface area contributed by atoms with E-state index < -0.39 is 0 Å². The molecule has 2 aromatic rings. The number of aryl methyl sites for hydroxylation is 1. The third kappa shape index (κ3) is 8.29. The number of benzene rings is 2. The highest BCUT2D eigenvalue weighted by molar-refractivity contribution is 5.19.